The second-order valence-electron chi connectivity index (χ2n) is 6.99. The van der Waals surface area contributed by atoms with Gasteiger partial charge in [0, 0.05) is 5.92 Å². The molecule has 0 radical (unpaired) electrons. The second kappa shape index (κ2) is 8.10. The molecule has 0 bridgehead atoms. The summed E-state index contributed by atoms with van der Waals surface area (Å²) >= 11 is 0. The first-order chi connectivity index (χ1) is 13.7. The Bertz CT molecular complexity index is 957. The van der Waals surface area contributed by atoms with Crippen LogP contribution in [0.5, 0.6) is 17.2 Å². The van der Waals surface area contributed by atoms with Crippen molar-refractivity contribution in [2.24, 2.45) is 0 Å². The molecule has 1 heterocycles. The Kier molecular flexibility index (Phi) is 5.20. The fraction of sp³-hybridized carbons (Fsp3) is 0.261. The molecule has 0 aliphatic heterocycles. The molecule has 2 aromatic carbocycles. The van der Waals surface area contributed by atoms with Gasteiger partial charge in [-0.1, -0.05) is 31.2 Å². The van der Waals surface area contributed by atoms with Gasteiger partial charge in [0.1, 0.15) is 17.6 Å². The third kappa shape index (κ3) is 4.12. The van der Waals surface area contributed by atoms with Crippen LogP contribution in [0.4, 0.5) is 0 Å². The number of hydrogen-bond acceptors (Lipinski definition) is 5. The van der Waals surface area contributed by atoms with Gasteiger partial charge in [-0.25, -0.2) is 9.97 Å². The number of nitrogens with zero attached hydrogens (tertiary/aromatic N) is 3. The Morgan fingerprint density at radius 3 is 1.96 bits per heavy atom. The highest BCUT2D eigenvalue weighted by molar-refractivity contribution is 5.38. The average molecular weight is 371 g/mol. The minimum absolute atomic E-state index is 0.126. The topological polar surface area (TPSA) is 68.0 Å². The highest BCUT2D eigenvalue weighted by Gasteiger charge is 2.19. The molecule has 1 fully saturated rings. The van der Waals surface area contributed by atoms with Crippen molar-refractivity contribution in [1.29, 1.82) is 5.26 Å². The molecule has 1 aliphatic rings. The average Bonchev–Trinajstić information content (AvgIpc) is 2.72. The summed E-state index contributed by atoms with van der Waals surface area (Å²) in [6, 6.07) is 18.3. The normalized spacial score (nSPS) is 14.6. The zero-order valence-corrected chi connectivity index (χ0v) is 15.7. The predicted molar refractivity (Wildman–Crippen MR) is 105 cm³/mol. The van der Waals surface area contributed by atoms with Gasteiger partial charge in [0.2, 0.25) is 5.82 Å². The highest BCUT2D eigenvalue weighted by Crippen LogP contribution is 2.30. The largest absolute Gasteiger partial charge is 0.490 e. The van der Waals surface area contributed by atoms with E-state index in [0.717, 1.165) is 5.75 Å². The Morgan fingerprint density at radius 2 is 1.46 bits per heavy atom. The summed E-state index contributed by atoms with van der Waals surface area (Å²) in [7, 11) is 0. The molecule has 1 saturated carbocycles. The molecular formula is C23H21N3O2. The first kappa shape index (κ1) is 18.0. The van der Waals surface area contributed by atoms with Crippen molar-refractivity contribution in [1.82, 2.24) is 9.97 Å². The monoisotopic (exact) mass is 371 g/mol. The van der Waals surface area contributed by atoms with E-state index in [1.165, 1.54) is 42.8 Å². The smallest absolute Gasteiger partial charge is 0.232 e. The van der Waals surface area contributed by atoms with Gasteiger partial charge in [-0.2, -0.15) is 5.26 Å². The van der Waals surface area contributed by atoms with Gasteiger partial charge in [0.25, 0.3) is 0 Å². The van der Waals surface area contributed by atoms with Crippen LogP contribution in [0, 0.1) is 11.3 Å². The van der Waals surface area contributed by atoms with Gasteiger partial charge in [0.15, 0.2) is 5.75 Å². The molecule has 0 spiro atoms. The second-order valence-corrected chi connectivity index (χ2v) is 6.99. The van der Waals surface area contributed by atoms with Gasteiger partial charge >= 0.3 is 0 Å². The summed E-state index contributed by atoms with van der Waals surface area (Å²) in [5.41, 5.74) is 2.45. The summed E-state index contributed by atoms with van der Waals surface area (Å²) in [4.78, 5) is 7.81. The zero-order valence-electron chi connectivity index (χ0n) is 15.7. The Hall–Kier alpha value is -3.39. The van der Waals surface area contributed by atoms with E-state index in [1.54, 1.807) is 0 Å². The lowest BCUT2D eigenvalue weighted by atomic mass is 9.93. The molecule has 1 aromatic heterocycles. The van der Waals surface area contributed by atoms with Gasteiger partial charge in [-0.15, -0.1) is 0 Å². The maximum absolute atomic E-state index is 8.74. The van der Waals surface area contributed by atoms with Crippen LogP contribution in [0.2, 0.25) is 0 Å². The minimum atomic E-state index is 0.126. The molecule has 140 valence electrons. The highest BCUT2D eigenvalue weighted by atomic mass is 16.5. The molecule has 0 amide bonds. The Morgan fingerprint density at radius 1 is 0.893 bits per heavy atom. The first-order valence-electron chi connectivity index (χ1n) is 9.48. The van der Waals surface area contributed by atoms with Crippen LogP contribution in [0.3, 0.4) is 0 Å². The molecule has 28 heavy (non-hydrogen) atoms. The van der Waals surface area contributed by atoms with Crippen molar-refractivity contribution in [3.63, 3.8) is 0 Å². The molecule has 0 unspecified atom stereocenters. The number of rotatable bonds is 6. The number of aromatic nitrogens is 2. The van der Waals surface area contributed by atoms with E-state index in [2.05, 4.69) is 53.3 Å². The standard InChI is InChI=1S/C23H21N3O2/c1-16(17-5-9-20(10-6-17)27-19-3-2-4-19)18-7-11-21(12-8-18)28-22-14-25-23(13-24)26-15-22/h5-12,14-16,19H,2-4H2,1H3/t16-/m1/s1. The zero-order chi connectivity index (χ0) is 19.3. The fourth-order valence-electron chi connectivity index (χ4n) is 3.10. The first-order valence-corrected chi connectivity index (χ1v) is 9.48. The van der Waals surface area contributed by atoms with Gasteiger partial charge < -0.3 is 9.47 Å². The summed E-state index contributed by atoms with van der Waals surface area (Å²) in [5, 5.41) is 8.74. The molecule has 5 heteroatoms. The van der Waals surface area contributed by atoms with Crippen LogP contribution >= 0.6 is 0 Å². The van der Waals surface area contributed by atoms with E-state index in [4.69, 9.17) is 14.7 Å². The lowest BCUT2D eigenvalue weighted by molar-refractivity contribution is 0.120. The maximum atomic E-state index is 8.74. The van der Waals surface area contributed by atoms with E-state index in [9.17, 15) is 0 Å². The van der Waals surface area contributed by atoms with Crippen LogP contribution in [-0.2, 0) is 0 Å². The Balaban J connectivity index is 1.40. The van der Waals surface area contributed by atoms with E-state index in [1.807, 2.05) is 18.2 Å². The van der Waals surface area contributed by atoms with Crippen molar-refractivity contribution in [2.45, 2.75) is 38.2 Å². The van der Waals surface area contributed by atoms with E-state index < -0.39 is 0 Å². The minimum Gasteiger partial charge on any atom is -0.490 e. The summed E-state index contributed by atoms with van der Waals surface area (Å²) in [5.74, 6) is 2.55. The third-order valence-electron chi connectivity index (χ3n) is 5.08. The van der Waals surface area contributed by atoms with Crippen molar-refractivity contribution >= 4 is 0 Å². The van der Waals surface area contributed by atoms with Crippen molar-refractivity contribution in [2.75, 3.05) is 0 Å². The van der Waals surface area contributed by atoms with Crippen molar-refractivity contribution < 1.29 is 9.47 Å². The van der Waals surface area contributed by atoms with E-state index in [-0.39, 0.29) is 11.7 Å². The molecule has 4 rings (SSSR count). The van der Waals surface area contributed by atoms with Crippen LogP contribution in [0.15, 0.2) is 60.9 Å². The lowest BCUT2D eigenvalue weighted by Gasteiger charge is -2.26. The number of benzene rings is 2. The molecule has 3 aromatic rings. The van der Waals surface area contributed by atoms with Gasteiger partial charge in [-0.05, 0) is 54.7 Å². The molecule has 0 N–H and O–H groups in total. The summed E-state index contributed by atoms with van der Waals surface area (Å²) in [6.45, 7) is 2.19. The van der Waals surface area contributed by atoms with Crippen LogP contribution in [0.25, 0.3) is 0 Å². The Labute approximate surface area is 164 Å². The summed E-state index contributed by atoms with van der Waals surface area (Å²) in [6.07, 6.45) is 7.00. The van der Waals surface area contributed by atoms with Gasteiger partial charge in [0.05, 0.1) is 18.5 Å². The predicted octanol–water partition coefficient (Wildman–Crippen LogP) is 5.22. The van der Waals surface area contributed by atoms with Crippen molar-refractivity contribution in [3.8, 4) is 23.3 Å². The molecule has 1 atom stereocenters. The fourth-order valence-corrected chi connectivity index (χ4v) is 3.10. The van der Waals surface area contributed by atoms with Crippen LogP contribution < -0.4 is 9.47 Å². The maximum Gasteiger partial charge on any atom is 0.232 e. The molecular weight excluding hydrogens is 350 g/mol. The quantitative estimate of drug-likeness (QED) is 0.594. The number of nitriles is 1. The van der Waals surface area contributed by atoms with Crippen LogP contribution in [-0.4, -0.2) is 16.1 Å². The molecule has 1 aliphatic carbocycles. The lowest BCUT2D eigenvalue weighted by Crippen LogP contribution is -2.24. The van der Waals surface area contributed by atoms with E-state index in [0.29, 0.717) is 17.6 Å². The SMILES string of the molecule is C[C@@H](c1ccc(Oc2cnc(C#N)nc2)cc1)c1ccc(OC2CCC2)cc1. The van der Waals surface area contributed by atoms with Gasteiger partial charge in [-0.3, -0.25) is 0 Å². The molecule has 0 saturated heterocycles. The third-order valence-corrected chi connectivity index (χ3v) is 5.08. The van der Waals surface area contributed by atoms with Crippen LogP contribution in [0.1, 0.15) is 49.1 Å². The number of hydrogen-bond donors (Lipinski definition) is 0. The van der Waals surface area contributed by atoms with Crippen molar-refractivity contribution in [3.05, 3.63) is 77.9 Å². The summed E-state index contributed by atoms with van der Waals surface area (Å²) < 4.78 is 11.7. The number of ether oxygens (including phenoxy) is 2. The van der Waals surface area contributed by atoms with E-state index >= 15 is 0 Å². The molecule has 5 nitrogen and oxygen atoms in total.